The predicted molar refractivity (Wildman–Crippen MR) is 113 cm³/mol. The van der Waals surface area contributed by atoms with Crippen LogP contribution in [0.3, 0.4) is 0 Å². The van der Waals surface area contributed by atoms with Crippen LogP contribution in [0.25, 0.3) is 0 Å². The van der Waals surface area contributed by atoms with Gasteiger partial charge >= 0.3 is 18.9 Å². The summed E-state index contributed by atoms with van der Waals surface area (Å²) in [6.45, 7) is 9.24. The molecule has 0 fully saturated rings. The van der Waals surface area contributed by atoms with Gasteiger partial charge in [0, 0.05) is 5.56 Å². The van der Waals surface area contributed by atoms with Crippen molar-refractivity contribution < 1.29 is 28.4 Å². The normalized spacial score (nSPS) is 12.0. The molecule has 0 heterocycles. The van der Waals surface area contributed by atoms with Crippen molar-refractivity contribution >= 4 is 19.4 Å². The molecule has 0 saturated carbocycles. The Morgan fingerprint density at radius 1 is 1.04 bits per heavy atom. The molecule has 2 aromatic carbocycles. The second kappa shape index (κ2) is 12.4. The summed E-state index contributed by atoms with van der Waals surface area (Å²) in [6.07, 6.45) is 4.89. The van der Waals surface area contributed by atoms with Crippen LogP contribution in [0.5, 0.6) is 5.75 Å². The molecule has 0 aliphatic carbocycles. The standard InChI is InChI=1S/C23H31O2P.Li/c1-5-7-11-19(6-2)16-25-20-12-14-21(15-13-20)26-23(24)22-17(3)9-8-10-18(22)4;/h8-10,12-15,19,26H,5-7,11,16H2,1-4H3;/q;+1. The molecule has 0 aliphatic heterocycles. The van der Waals surface area contributed by atoms with Crippen LogP contribution in [0.4, 0.5) is 0 Å². The third-order valence-electron chi connectivity index (χ3n) is 4.85. The maximum Gasteiger partial charge on any atom is 1.00 e. The molecule has 0 bridgehead atoms. The fraction of sp³-hybridized carbons (Fsp3) is 0.435. The van der Waals surface area contributed by atoms with E-state index in [4.69, 9.17) is 4.74 Å². The summed E-state index contributed by atoms with van der Waals surface area (Å²) in [4.78, 5) is 12.7. The Hall–Kier alpha value is -1.06. The third kappa shape index (κ3) is 7.46. The summed E-state index contributed by atoms with van der Waals surface area (Å²) in [6, 6.07) is 14.0. The molecule has 2 unspecified atom stereocenters. The maximum atomic E-state index is 12.7. The van der Waals surface area contributed by atoms with E-state index in [9.17, 15) is 4.79 Å². The summed E-state index contributed by atoms with van der Waals surface area (Å²) < 4.78 is 5.96. The van der Waals surface area contributed by atoms with Crippen LogP contribution in [0.1, 0.15) is 61.0 Å². The van der Waals surface area contributed by atoms with Crippen LogP contribution in [-0.2, 0) is 0 Å². The monoisotopic (exact) mass is 377 g/mol. The molecule has 0 amide bonds. The second-order valence-electron chi connectivity index (χ2n) is 6.97. The van der Waals surface area contributed by atoms with Crippen LogP contribution in [-0.4, -0.2) is 12.1 Å². The smallest absolute Gasteiger partial charge is 0.493 e. The van der Waals surface area contributed by atoms with Crippen molar-refractivity contribution in [3.05, 3.63) is 59.2 Å². The molecular formula is C23H31LiO2P+. The van der Waals surface area contributed by atoms with E-state index in [1.807, 2.05) is 56.3 Å². The largest absolute Gasteiger partial charge is 1.00 e. The van der Waals surface area contributed by atoms with E-state index in [1.165, 1.54) is 19.3 Å². The van der Waals surface area contributed by atoms with Gasteiger partial charge in [-0.15, -0.1) is 0 Å². The summed E-state index contributed by atoms with van der Waals surface area (Å²) in [5.41, 5.74) is 3.19. The number of benzene rings is 2. The van der Waals surface area contributed by atoms with Gasteiger partial charge in [0.1, 0.15) is 5.75 Å². The van der Waals surface area contributed by atoms with E-state index >= 15 is 0 Å². The van der Waals surface area contributed by atoms with E-state index < -0.39 is 0 Å². The van der Waals surface area contributed by atoms with Gasteiger partial charge in [-0.2, -0.15) is 0 Å². The molecule has 2 nitrogen and oxygen atoms in total. The van der Waals surface area contributed by atoms with Gasteiger partial charge < -0.3 is 4.74 Å². The average molecular weight is 377 g/mol. The molecule has 0 spiro atoms. The van der Waals surface area contributed by atoms with Crippen LogP contribution in [0.15, 0.2) is 42.5 Å². The van der Waals surface area contributed by atoms with Crippen molar-refractivity contribution in [2.75, 3.05) is 6.61 Å². The van der Waals surface area contributed by atoms with E-state index in [1.54, 1.807) is 0 Å². The molecular weight excluding hydrogens is 346 g/mol. The van der Waals surface area contributed by atoms with Crippen molar-refractivity contribution in [2.45, 2.75) is 53.4 Å². The van der Waals surface area contributed by atoms with Gasteiger partial charge in [0.15, 0.2) is 5.52 Å². The number of ether oxygens (including phenoxy) is 1. The van der Waals surface area contributed by atoms with Gasteiger partial charge in [-0.1, -0.05) is 63.4 Å². The van der Waals surface area contributed by atoms with Crippen LogP contribution < -0.4 is 28.9 Å². The minimum Gasteiger partial charge on any atom is -0.493 e. The zero-order valence-corrected chi connectivity index (χ0v) is 18.5. The Morgan fingerprint density at radius 2 is 1.67 bits per heavy atom. The number of carbonyl (C=O) groups is 1. The topological polar surface area (TPSA) is 26.3 Å². The predicted octanol–water partition coefficient (Wildman–Crippen LogP) is 3.05. The van der Waals surface area contributed by atoms with Gasteiger partial charge in [-0.25, -0.2) is 0 Å². The molecule has 2 aromatic rings. The maximum absolute atomic E-state index is 12.7. The van der Waals surface area contributed by atoms with Gasteiger partial charge in [-0.3, -0.25) is 4.79 Å². The Bertz CT molecular complexity index is 693. The van der Waals surface area contributed by atoms with Gasteiger partial charge in [0.25, 0.3) is 0 Å². The van der Waals surface area contributed by atoms with Crippen molar-refractivity contribution in [2.24, 2.45) is 5.92 Å². The number of hydrogen-bond acceptors (Lipinski definition) is 2. The number of hydrogen-bond donors (Lipinski definition) is 0. The minimum absolute atomic E-state index is 0. The Morgan fingerprint density at radius 3 is 2.22 bits per heavy atom. The first-order valence-corrected chi connectivity index (χ1v) is 10.7. The molecule has 4 heteroatoms. The average Bonchev–Trinajstić information content (AvgIpc) is 2.63. The van der Waals surface area contributed by atoms with E-state index in [-0.39, 0.29) is 33.0 Å². The first-order chi connectivity index (χ1) is 12.5. The number of carbonyl (C=O) groups excluding carboxylic acids is 1. The van der Waals surface area contributed by atoms with Gasteiger partial charge in [0.05, 0.1) is 6.61 Å². The quantitative estimate of drug-likeness (QED) is 0.470. The Labute approximate surface area is 178 Å². The van der Waals surface area contributed by atoms with Crippen LogP contribution in [0.2, 0.25) is 0 Å². The van der Waals surface area contributed by atoms with Crippen molar-refractivity contribution in [1.82, 2.24) is 0 Å². The van der Waals surface area contributed by atoms with E-state index in [0.29, 0.717) is 5.92 Å². The fourth-order valence-electron chi connectivity index (χ4n) is 3.11. The number of rotatable bonds is 10. The molecule has 0 N–H and O–H groups in total. The zero-order valence-electron chi connectivity index (χ0n) is 17.5. The van der Waals surface area contributed by atoms with E-state index in [2.05, 4.69) is 13.8 Å². The van der Waals surface area contributed by atoms with Crippen molar-refractivity contribution in [3.8, 4) is 5.75 Å². The zero-order chi connectivity index (χ0) is 18.9. The first kappa shape index (κ1) is 24.0. The second-order valence-corrected chi connectivity index (χ2v) is 8.25. The molecule has 0 aromatic heterocycles. The summed E-state index contributed by atoms with van der Waals surface area (Å²) in [7, 11) is 0.148. The number of unbranched alkanes of at least 4 members (excludes halogenated alkanes) is 1. The first-order valence-electron chi connectivity index (χ1n) is 9.65. The summed E-state index contributed by atoms with van der Waals surface area (Å²) >= 11 is 0. The molecule has 27 heavy (non-hydrogen) atoms. The fourth-order valence-corrected chi connectivity index (χ4v) is 4.23. The van der Waals surface area contributed by atoms with Crippen LogP contribution >= 0.6 is 8.58 Å². The Kier molecular flexibility index (Phi) is 11.0. The third-order valence-corrected chi connectivity index (χ3v) is 5.95. The van der Waals surface area contributed by atoms with Crippen molar-refractivity contribution in [1.29, 1.82) is 0 Å². The van der Waals surface area contributed by atoms with Gasteiger partial charge in [-0.05, 0) is 63.3 Å². The van der Waals surface area contributed by atoms with E-state index in [0.717, 1.165) is 40.8 Å². The molecule has 2 atom stereocenters. The SMILES string of the molecule is CCCCC(CC)COc1ccc(PC(=O)c2c(C)cccc2C)cc1.[Li+]. The minimum atomic E-state index is 0. The molecule has 0 saturated heterocycles. The van der Waals surface area contributed by atoms with Crippen LogP contribution in [0, 0.1) is 19.8 Å². The molecule has 0 aliphatic rings. The summed E-state index contributed by atoms with van der Waals surface area (Å²) in [5, 5.41) is 1.06. The van der Waals surface area contributed by atoms with Gasteiger partial charge in [0.2, 0.25) is 0 Å². The molecule has 0 radical (unpaired) electrons. The summed E-state index contributed by atoms with van der Waals surface area (Å²) in [5.74, 6) is 1.52. The molecule has 2 rings (SSSR count). The number of aryl methyl sites for hydroxylation is 2. The molecule has 140 valence electrons. The van der Waals surface area contributed by atoms with Crippen molar-refractivity contribution in [3.63, 3.8) is 0 Å². The Balaban J connectivity index is 0.00000364.